The molecule has 0 spiro atoms. The largest absolute Gasteiger partial charge is 0.346 e. The molecular formula is C24H25ClN2O3S. The molecule has 0 bridgehead atoms. The van der Waals surface area contributed by atoms with E-state index in [1.54, 1.807) is 30.3 Å². The van der Waals surface area contributed by atoms with E-state index in [2.05, 4.69) is 29.1 Å². The summed E-state index contributed by atoms with van der Waals surface area (Å²) in [5, 5.41) is 2.99. The number of benzene rings is 3. The van der Waals surface area contributed by atoms with Crippen molar-refractivity contribution in [1.29, 1.82) is 0 Å². The summed E-state index contributed by atoms with van der Waals surface area (Å²) in [4.78, 5) is 12.7. The van der Waals surface area contributed by atoms with E-state index < -0.39 is 10.0 Å². The minimum absolute atomic E-state index is 0.0398. The van der Waals surface area contributed by atoms with Gasteiger partial charge >= 0.3 is 0 Å². The molecule has 0 saturated heterocycles. The van der Waals surface area contributed by atoms with Crippen LogP contribution >= 0.6 is 11.6 Å². The molecule has 0 aliphatic heterocycles. The number of carbonyl (C=O) groups excluding carboxylic acids is 1. The van der Waals surface area contributed by atoms with Gasteiger partial charge in [-0.2, -0.15) is 0 Å². The standard InChI is InChI=1S/C24H25ClN2O3S/c1-15-12-17(3)21(13-16(15)2)18(4)26-24(28)19-10-11-22(25)23(14-19)31(29,30)27-20-8-6-5-7-9-20/h5-14,18,27H,1-4H3,(H,26,28)/t18-/m1/s1. The quantitative estimate of drug-likeness (QED) is 0.510. The third kappa shape index (κ3) is 5.27. The lowest BCUT2D eigenvalue weighted by Crippen LogP contribution is -2.27. The van der Waals surface area contributed by atoms with Gasteiger partial charge in [-0.15, -0.1) is 0 Å². The number of nitrogens with one attached hydrogen (secondary N) is 2. The molecule has 0 fully saturated rings. The van der Waals surface area contributed by atoms with Crippen LogP contribution in [0, 0.1) is 20.8 Å². The number of hydrogen-bond donors (Lipinski definition) is 2. The number of carbonyl (C=O) groups is 1. The summed E-state index contributed by atoms with van der Waals surface area (Å²) < 4.78 is 28.1. The van der Waals surface area contributed by atoms with Crippen LogP contribution in [-0.4, -0.2) is 14.3 Å². The SMILES string of the molecule is Cc1cc(C)c([C@@H](C)NC(=O)c2ccc(Cl)c(S(=O)(=O)Nc3ccccc3)c2)cc1C. The van der Waals surface area contributed by atoms with Gasteiger partial charge in [-0.25, -0.2) is 8.42 Å². The molecule has 0 saturated carbocycles. The molecule has 0 aliphatic carbocycles. The van der Waals surface area contributed by atoms with Gasteiger partial charge in [0.25, 0.3) is 15.9 Å². The van der Waals surface area contributed by atoms with Crippen LogP contribution in [0.15, 0.2) is 65.6 Å². The van der Waals surface area contributed by atoms with Crippen molar-refractivity contribution in [2.75, 3.05) is 4.72 Å². The summed E-state index contributed by atoms with van der Waals surface area (Å²) in [6.45, 7) is 7.99. The number of anilines is 1. The first-order valence-corrected chi connectivity index (χ1v) is 11.7. The van der Waals surface area contributed by atoms with Crippen LogP contribution in [0.4, 0.5) is 5.69 Å². The fraction of sp³-hybridized carbons (Fsp3) is 0.208. The highest BCUT2D eigenvalue weighted by Gasteiger charge is 2.21. The van der Waals surface area contributed by atoms with E-state index in [0.717, 1.165) is 16.7 Å². The number of halogens is 1. The highest BCUT2D eigenvalue weighted by atomic mass is 35.5. The van der Waals surface area contributed by atoms with E-state index in [4.69, 9.17) is 11.6 Å². The fourth-order valence-electron chi connectivity index (χ4n) is 3.37. The lowest BCUT2D eigenvalue weighted by atomic mass is 9.96. The first-order chi connectivity index (χ1) is 14.6. The Labute approximate surface area is 188 Å². The Morgan fingerprint density at radius 3 is 2.23 bits per heavy atom. The van der Waals surface area contributed by atoms with Crippen molar-refractivity contribution in [3.8, 4) is 0 Å². The van der Waals surface area contributed by atoms with E-state index >= 15 is 0 Å². The van der Waals surface area contributed by atoms with Crippen LogP contribution in [-0.2, 0) is 10.0 Å². The van der Waals surface area contributed by atoms with Gasteiger partial charge in [0.2, 0.25) is 0 Å². The Morgan fingerprint density at radius 2 is 1.55 bits per heavy atom. The number of aryl methyl sites for hydroxylation is 3. The molecule has 2 N–H and O–H groups in total. The minimum atomic E-state index is -3.96. The average Bonchev–Trinajstić information content (AvgIpc) is 2.71. The molecule has 5 nitrogen and oxygen atoms in total. The molecule has 0 heterocycles. The Morgan fingerprint density at radius 1 is 0.903 bits per heavy atom. The van der Waals surface area contributed by atoms with E-state index in [-0.39, 0.29) is 27.4 Å². The molecule has 162 valence electrons. The fourth-order valence-corrected chi connectivity index (χ4v) is 4.96. The summed E-state index contributed by atoms with van der Waals surface area (Å²) in [7, 11) is -3.96. The monoisotopic (exact) mass is 456 g/mol. The molecule has 0 aliphatic rings. The van der Waals surface area contributed by atoms with Crippen molar-refractivity contribution < 1.29 is 13.2 Å². The second-order valence-corrected chi connectivity index (χ2v) is 9.66. The summed E-state index contributed by atoms with van der Waals surface area (Å²) in [5.41, 5.74) is 5.07. The number of para-hydroxylation sites is 1. The summed E-state index contributed by atoms with van der Waals surface area (Å²) in [6.07, 6.45) is 0. The molecule has 31 heavy (non-hydrogen) atoms. The van der Waals surface area contributed by atoms with Crippen molar-refractivity contribution in [1.82, 2.24) is 5.32 Å². The zero-order valence-electron chi connectivity index (χ0n) is 17.9. The first kappa shape index (κ1) is 22.8. The van der Waals surface area contributed by atoms with Gasteiger partial charge in [0.05, 0.1) is 11.1 Å². The van der Waals surface area contributed by atoms with E-state index in [1.807, 2.05) is 20.8 Å². The van der Waals surface area contributed by atoms with Crippen molar-refractivity contribution in [2.45, 2.75) is 38.6 Å². The van der Waals surface area contributed by atoms with Gasteiger partial charge in [0.15, 0.2) is 0 Å². The topological polar surface area (TPSA) is 75.3 Å². The number of rotatable bonds is 6. The smallest absolute Gasteiger partial charge is 0.263 e. The van der Waals surface area contributed by atoms with Gasteiger partial charge in [-0.3, -0.25) is 9.52 Å². The highest BCUT2D eigenvalue weighted by Crippen LogP contribution is 2.26. The summed E-state index contributed by atoms with van der Waals surface area (Å²) in [6, 6.07) is 16.6. The Hall–Kier alpha value is -2.83. The average molecular weight is 457 g/mol. The Bertz CT molecular complexity index is 1230. The number of amides is 1. The third-order valence-electron chi connectivity index (χ3n) is 5.21. The second kappa shape index (κ2) is 9.12. The molecule has 0 aromatic heterocycles. The van der Waals surface area contributed by atoms with Crippen molar-refractivity contribution >= 4 is 33.2 Å². The first-order valence-electron chi connectivity index (χ1n) is 9.84. The van der Waals surface area contributed by atoms with E-state index in [9.17, 15) is 13.2 Å². The van der Waals surface area contributed by atoms with Crippen LogP contribution < -0.4 is 10.0 Å². The van der Waals surface area contributed by atoms with Gasteiger partial charge in [0, 0.05) is 11.3 Å². The van der Waals surface area contributed by atoms with Crippen LogP contribution in [0.3, 0.4) is 0 Å². The predicted octanol–water partition coefficient (Wildman–Crippen LogP) is 5.56. The maximum Gasteiger partial charge on any atom is 0.263 e. The van der Waals surface area contributed by atoms with Crippen molar-refractivity contribution in [3.05, 3.63) is 93.5 Å². The molecule has 1 atom stereocenters. The molecule has 3 aromatic carbocycles. The zero-order chi connectivity index (χ0) is 22.8. The van der Waals surface area contributed by atoms with Crippen LogP contribution in [0.2, 0.25) is 5.02 Å². The van der Waals surface area contributed by atoms with Crippen LogP contribution in [0.25, 0.3) is 0 Å². The molecule has 0 radical (unpaired) electrons. The maximum atomic E-state index is 12.9. The maximum absolute atomic E-state index is 12.9. The molecule has 3 aromatic rings. The van der Waals surface area contributed by atoms with Gasteiger partial charge in [-0.1, -0.05) is 41.9 Å². The zero-order valence-corrected chi connectivity index (χ0v) is 19.4. The van der Waals surface area contributed by atoms with E-state index in [1.165, 1.54) is 23.8 Å². The predicted molar refractivity (Wildman–Crippen MR) is 125 cm³/mol. The van der Waals surface area contributed by atoms with Crippen molar-refractivity contribution in [2.24, 2.45) is 0 Å². The van der Waals surface area contributed by atoms with Crippen molar-refractivity contribution in [3.63, 3.8) is 0 Å². The molecule has 1 amide bonds. The highest BCUT2D eigenvalue weighted by molar-refractivity contribution is 7.92. The lowest BCUT2D eigenvalue weighted by Gasteiger charge is -2.19. The van der Waals surface area contributed by atoms with E-state index in [0.29, 0.717) is 5.69 Å². The molecule has 0 unspecified atom stereocenters. The Balaban J connectivity index is 1.85. The normalized spacial score (nSPS) is 12.3. The van der Waals surface area contributed by atoms with Gasteiger partial charge in [-0.05, 0) is 80.3 Å². The Kier molecular flexibility index (Phi) is 6.72. The second-order valence-electron chi connectivity index (χ2n) is 7.60. The molecular weight excluding hydrogens is 432 g/mol. The summed E-state index contributed by atoms with van der Waals surface area (Å²) >= 11 is 6.16. The lowest BCUT2D eigenvalue weighted by molar-refractivity contribution is 0.0939. The third-order valence-corrected chi connectivity index (χ3v) is 7.07. The van der Waals surface area contributed by atoms with Gasteiger partial charge in [0.1, 0.15) is 4.90 Å². The summed E-state index contributed by atoms with van der Waals surface area (Å²) in [5.74, 6) is -0.377. The van der Waals surface area contributed by atoms with Crippen LogP contribution in [0.5, 0.6) is 0 Å². The molecule has 3 rings (SSSR count). The van der Waals surface area contributed by atoms with Gasteiger partial charge < -0.3 is 5.32 Å². The minimum Gasteiger partial charge on any atom is -0.346 e. The number of sulfonamides is 1. The van der Waals surface area contributed by atoms with Crippen LogP contribution in [0.1, 0.15) is 45.6 Å². The number of hydrogen-bond acceptors (Lipinski definition) is 3. The molecule has 7 heteroatoms.